The summed E-state index contributed by atoms with van der Waals surface area (Å²) >= 11 is 0. The molecule has 41 heavy (non-hydrogen) atoms. The predicted octanol–water partition coefficient (Wildman–Crippen LogP) is 2.69. The highest BCUT2D eigenvalue weighted by molar-refractivity contribution is 5.94. The van der Waals surface area contributed by atoms with Gasteiger partial charge in [-0.2, -0.15) is 0 Å². The van der Waals surface area contributed by atoms with Crippen LogP contribution in [0.5, 0.6) is 0 Å². The molecule has 1 unspecified atom stereocenters. The van der Waals surface area contributed by atoms with Gasteiger partial charge in [-0.25, -0.2) is 14.4 Å². The topological polar surface area (TPSA) is 144 Å². The quantitative estimate of drug-likeness (QED) is 0.280. The molecule has 2 saturated heterocycles. The lowest BCUT2D eigenvalue weighted by atomic mass is 9.37. The van der Waals surface area contributed by atoms with E-state index in [1.165, 1.54) is 26.0 Å². The van der Waals surface area contributed by atoms with Gasteiger partial charge >= 0.3 is 29.8 Å². The maximum absolute atomic E-state index is 13.5. The molecule has 0 bridgehead atoms. The van der Waals surface area contributed by atoms with Gasteiger partial charge in [0.25, 0.3) is 6.29 Å². The summed E-state index contributed by atoms with van der Waals surface area (Å²) in [5.74, 6) is -3.31. The zero-order valence-corrected chi connectivity index (χ0v) is 24.3. The highest BCUT2D eigenvalue weighted by Gasteiger charge is 2.88. The van der Waals surface area contributed by atoms with Gasteiger partial charge in [0.15, 0.2) is 6.10 Å². The third-order valence-electron chi connectivity index (χ3n) is 11.0. The van der Waals surface area contributed by atoms with Crippen LogP contribution in [0.1, 0.15) is 67.7 Å². The molecule has 0 aromatic carbocycles. The smallest absolute Gasteiger partial charge is 0.341 e. The van der Waals surface area contributed by atoms with Gasteiger partial charge in [0.2, 0.25) is 0 Å². The second-order valence-corrected chi connectivity index (χ2v) is 13.5. The van der Waals surface area contributed by atoms with Crippen molar-refractivity contribution in [3.63, 3.8) is 0 Å². The number of cyclic esters (lactones) is 3. The lowest BCUT2D eigenvalue weighted by Gasteiger charge is -2.67. The molecule has 4 aliphatic heterocycles. The number of esters is 5. The van der Waals surface area contributed by atoms with Crippen molar-refractivity contribution in [2.75, 3.05) is 0 Å². The summed E-state index contributed by atoms with van der Waals surface area (Å²) < 4.78 is 34.6. The van der Waals surface area contributed by atoms with Gasteiger partial charge in [0, 0.05) is 42.7 Å². The molecule has 11 nitrogen and oxygen atoms in total. The molecule has 0 aromatic rings. The third-order valence-corrected chi connectivity index (χ3v) is 11.0. The monoisotopic (exact) mass is 572 g/mol. The summed E-state index contributed by atoms with van der Waals surface area (Å²) in [5, 5.41) is 0. The number of fused-ring (bicyclic) bond motifs is 3. The van der Waals surface area contributed by atoms with Crippen LogP contribution in [0.15, 0.2) is 23.8 Å². The number of carbonyl (C=O) groups excluding carboxylic acids is 5. The van der Waals surface area contributed by atoms with E-state index in [-0.39, 0.29) is 17.4 Å². The van der Waals surface area contributed by atoms with Crippen molar-refractivity contribution in [1.29, 1.82) is 0 Å². The van der Waals surface area contributed by atoms with Gasteiger partial charge < -0.3 is 28.4 Å². The van der Waals surface area contributed by atoms with E-state index in [0.29, 0.717) is 19.3 Å². The van der Waals surface area contributed by atoms with Crippen LogP contribution in [0, 0.1) is 28.1 Å². The van der Waals surface area contributed by atoms with Crippen LogP contribution in [0.25, 0.3) is 0 Å². The van der Waals surface area contributed by atoms with Crippen LogP contribution in [0.3, 0.4) is 0 Å². The number of hydrogen-bond acceptors (Lipinski definition) is 11. The number of epoxide rings is 1. The summed E-state index contributed by atoms with van der Waals surface area (Å²) in [5.41, 5.74) is -4.38. The van der Waals surface area contributed by atoms with Crippen molar-refractivity contribution in [2.45, 2.75) is 104 Å². The Morgan fingerprint density at radius 2 is 1.61 bits per heavy atom. The molecule has 6 rings (SSSR count). The third kappa shape index (κ3) is 3.50. The van der Waals surface area contributed by atoms with Crippen molar-refractivity contribution in [3.8, 4) is 0 Å². The molecule has 1 spiro atoms. The summed E-state index contributed by atoms with van der Waals surface area (Å²) in [6.07, 6.45) is 2.30. The minimum absolute atomic E-state index is 0.0842. The first-order chi connectivity index (χ1) is 19.0. The normalized spacial score (nSPS) is 47.1. The maximum Gasteiger partial charge on any atom is 0.341 e. The Kier molecular flexibility index (Phi) is 5.74. The lowest BCUT2D eigenvalue weighted by molar-refractivity contribution is -0.253. The van der Waals surface area contributed by atoms with E-state index in [9.17, 15) is 24.0 Å². The standard InChI is InChI=1S/C30H36O11/c1-14(31)36-19-13-18-26(3,4)40-20(33)9-10-27(18,5)17-8-11-28(6)22(16-12-21(37-15(2)32)38-24(16)34)39-25(35)23-30(28,41-23)29(17,19)7/h9-10,12,17-19,21-23H,8,11,13H2,1-7H3/t17-,18+,19+,21?,22+,23-,27-,28+,29+,30-/m1/s1. The summed E-state index contributed by atoms with van der Waals surface area (Å²) in [7, 11) is 0. The van der Waals surface area contributed by atoms with Crippen molar-refractivity contribution in [2.24, 2.45) is 28.1 Å². The van der Waals surface area contributed by atoms with E-state index in [2.05, 4.69) is 6.92 Å². The molecule has 0 radical (unpaired) electrons. The summed E-state index contributed by atoms with van der Waals surface area (Å²) in [6, 6.07) is 0. The molecule has 2 aliphatic carbocycles. The van der Waals surface area contributed by atoms with Crippen LogP contribution < -0.4 is 0 Å². The zero-order chi connectivity index (χ0) is 29.9. The van der Waals surface area contributed by atoms with Crippen LogP contribution in [0.4, 0.5) is 0 Å². The van der Waals surface area contributed by atoms with Crippen LogP contribution in [-0.2, 0) is 52.4 Å². The number of rotatable bonds is 3. The van der Waals surface area contributed by atoms with E-state index < -0.39 is 81.9 Å². The van der Waals surface area contributed by atoms with Gasteiger partial charge in [-0.05, 0) is 44.4 Å². The molecule has 11 heteroatoms. The maximum atomic E-state index is 13.5. The van der Waals surface area contributed by atoms with Gasteiger partial charge in [-0.1, -0.05) is 26.8 Å². The molecule has 222 valence electrons. The first-order valence-electron chi connectivity index (χ1n) is 14.1. The molecule has 2 saturated carbocycles. The Bertz CT molecular complexity index is 1330. The first-order valence-corrected chi connectivity index (χ1v) is 14.1. The fourth-order valence-electron chi connectivity index (χ4n) is 9.52. The Hall–Kier alpha value is -3.21. The minimum atomic E-state index is -1.22. The summed E-state index contributed by atoms with van der Waals surface area (Å²) in [6.45, 7) is 12.3. The van der Waals surface area contributed by atoms with E-state index >= 15 is 0 Å². The van der Waals surface area contributed by atoms with Crippen molar-refractivity contribution in [1.82, 2.24) is 0 Å². The Morgan fingerprint density at radius 3 is 2.27 bits per heavy atom. The van der Waals surface area contributed by atoms with E-state index in [1.807, 2.05) is 33.8 Å². The van der Waals surface area contributed by atoms with E-state index in [0.717, 1.165) is 0 Å². The largest absolute Gasteiger partial charge is 0.462 e. The van der Waals surface area contributed by atoms with Gasteiger partial charge in [0.1, 0.15) is 23.4 Å². The number of ether oxygens (including phenoxy) is 6. The van der Waals surface area contributed by atoms with Crippen LogP contribution in [0.2, 0.25) is 0 Å². The Morgan fingerprint density at radius 1 is 0.927 bits per heavy atom. The minimum Gasteiger partial charge on any atom is -0.462 e. The predicted molar refractivity (Wildman–Crippen MR) is 137 cm³/mol. The number of carbonyl (C=O) groups is 5. The molecule has 0 aromatic heterocycles. The van der Waals surface area contributed by atoms with Crippen LogP contribution in [-0.4, -0.2) is 65.7 Å². The average molecular weight is 573 g/mol. The molecule has 4 heterocycles. The van der Waals surface area contributed by atoms with Crippen molar-refractivity contribution >= 4 is 29.8 Å². The lowest BCUT2D eigenvalue weighted by Crippen LogP contribution is -2.73. The van der Waals surface area contributed by atoms with E-state index in [1.54, 1.807) is 0 Å². The molecule has 10 atom stereocenters. The Labute approximate surface area is 237 Å². The van der Waals surface area contributed by atoms with Gasteiger partial charge in [-0.3, -0.25) is 9.59 Å². The molecular formula is C30H36O11. The second-order valence-electron chi connectivity index (χ2n) is 13.5. The van der Waals surface area contributed by atoms with Crippen LogP contribution >= 0.6 is 0 Å². The van der Waals surface area contributed by atoms with Crippen molar-refractivity contribution in [3.05, 3.63) is 23.8 Å². The van der Waals surface area contributed by atoms with Crippen molar-refractivity contribution < 1.29 is 52.4 Å². The second kappa shape index (κ2) is 8.42. The van der Waals surface area contributed by atoms with Gasteiger partial charge in [0.05, 0.1) is 5.57 Å². The number of allylic oxidation sites excluding steroid dienone is 1. The fourth-order valence-corrected chi connectivity index (χ4v) is 9.52. The molecule has 0 amide bonds. The highest BCUT2D eigenvalue weighted by atomic mass is 16.7. The average Bonchev–Trinajstić information content (AvgIpc) is 3.55. The molecule has 4 fully saturated rings. The van der Waals surface area contributed by atoms with E-state index in [4.69, 9.17) is 28.4 Å². The highest BCUT2D eigenvalue weighted by Crippen LogP contribution is 2.78. The molecular weight excluding hydrogens is 536 g/mol. The molecule has 0 N–H and O–H groups in total. The van der Waals surface area contributed by atoms with Gasteiger partial charge in [-0.15, -0.1) is 0 Å². The zero-order valence-electron chi connectivity index (χ0n) is 24.3. The molecule has 6 aliphatic rings. The summed E-state index contributed by atoms with van der Waals surface area (Å²) in [4.78, 5) is 63.2. The number of hydrogen-bond donors (Lipinski definition) is 0. The SMILES string of the molecule is CC(=O)OC1C=C([C@@H]2OC(=O)[C@H]3O[C@]34[C@]3(C)[C@@H](OC(C)=O)C[C@H]5C(C)(C)OC(=O)C=C[C@]5(C)[C@H]3CC[C@@]24C)C(=O)O1. The fraction of sp³-hybridized carbons (Fsp3) is 0.700. The first kappa shape index (κ1) is 27.9. The Balaban J connectivity index is 1.50.